The second-order valence-electron chi connectivity index (χ2n) is 6.19. The Balaban J connectivity index is 1.71. The Bertz CT molecular complexity index is 219. The van der Waals surface area contributed by atoms with Crippen LogP contribution < -0.4 is 0 Å². The maximum atomic E-state index is 4.73. The van der Waals surface area contributed by atoms with E-state index in [4.69, 9.17) is 12.6 Å². The van der Waals surface area contributed by atoms with E-state index in [1.165, 1.54) is 38.5 Å². The Labute approximate surface area is 99.6 Å². The van der Waals surface area contributed by atoms with Crippen molar-refractivity contribution in [2.75, 3.05) is 0 Å². The van der Waals surface area contributed by atoms with Crippen molar-refractivity contribution in [2.24, 2.45) is 23.7 Å². The molecule has 3 fully saturated rings. The molecule has 0 bridgehead atoms. The quantitative estimate of drug-likeness (QED) is 0.631. The molecule has 0 amide bonds. The lowest BCUT2D eigenvalue weighted by Gasteiger charge is -2.37. The molecular weight excluding hydrogens is 200 g/mol. The van der Waals surface area contributed by atoms with Crippen molar-refractivity contribution in [3.05, 3.63) is 0 Å². The summed E-state index contributed by atoms with van der Waals surface area (Å²) in [5, 5.41) is 0.738. The maximum absolute atomic E-state index is 4.73. The predicted octanol–water partition coefficient (Wildman–Crippen LogP) is 4.30. The van der Waals surface area contributed by atoms with Gasteiger partial charge in [0, 0.05) is 5.25 Å². The molecule has 0 aromatic heterocycles. The highest BCUT2D eigenvalue weighted by Crippen LogP contribution is 2.51. The van der Waals surface area contributed by atoms with Gasteiger partial charge in [0.1, 0.15) is 0 Å². The maximum Gasteiger partial charge on any atom is 0.00223 e. The van der Waals surface area contributed by atoms with Crippen molar-refractivity contribution in [3.8, 4) is 0 Å². The predicted molar refractivity (Wildman–Crippen MR) is 68.3 cm³/mol. The third-order valence-corrected chi connectivity index (χ3v) is 5.81. The third kappa shape index (κ3) is 1.97. The first-order chi connectivity index (χ1) is 7.34. The molecule has 15 heavy (non-hydrogen) atoms. The first-order valence-corrected chi connectivity index (χ1v) is 7.54. The van der Waals surface area contributed by atoms with Gasteiger partial charge in [-0.3, -0.25) is 0 Å². The molecule has 0 radical (unpaired) electrons. The summed E-state index contributed by atoms with van der Waals surface area (Å²) >= 11 is 4.73. The van der Waals surface area contributed by atoms with Crippen molar-refractivity contribution in [1.29, 1.82) is 0 Å². The molecule has 0 spiro atoms. The monoisotopic (exact) mass is 224 g/mol. The molecule has 4 atom stereocenters. The lowest BCUT2D eigenvalue weighted by Crippen LogP contribution is -2.29. The summed E-state index contributed by atoms with van der Waals surface area (Å²) < 4.78 is 0. The summed E-state index contributed by atoms with van der Waals surface area (Å²) in [5.41, 5.74) is 0. The average Bonchev–Trinajstić information content (AvgIpc) is 2.82. The fourth-order valence-corrected chi connectivity index (χ4v) is 5.30. The highest BCUT2D eigenvalue weighted by atomic mass is 32.1. The molecule has 3 aliphatic carbocycles. The zero-order chi connectivity index (χ0) is 10.3. The topological polar surface area (TPSA) is 0 Å². The molecule has 86 valence electrons. The van der Waals surface area contributed by atoms with Crippen molar-refractivity contribution < 1.29 is 0 Å². The minimum absolute atomic E-state index is 0.738. The first-order valence-electron chi connectivity index (χ1n) is 7.02. The zero-order valence-electron chi connectivity index (χ0n) is 9.70. The van der Waals surface area contributed by atoms with Gasteiger partial charge in [-0.1, -0.05) is 38.5 Å². The van der Waals surface area contributed by atoms with Gasteiger partial charge in [0.15, 0.2) is 0 Å². The van der Waals surface area contributed by atoms with Gasteiger partial charge in [-0.05, 0) is 42.9 Å². The SMILES string of the molecule is SC1CC2CCCC(C3CCCC3)C2C1. The largest absolute Gasteiger partial charge is 0.176 e. The van der Waals surface area contributed by atoms with Gasteiger partial charge in [0.05, 0.1) is 0 Å². The Hall–Kier alpha value is 0.350. The van der Waals surface area contributed by atoms with Crippen LogP contribution in [-0.2, 0) is 0 Å². The Kier molecular flexibility index (Phi) is 3.02. The van der Waals surface area contributed by atoms with E-state index in [-0.39, 0.29) is 0 Å². The van der Waals surface area contributed by atoms with E-state index in [1.54, 1.807) is 19.3 Å². The molecule has 0 aromatic carbocycles. The summed E-state index contributed by atoms with van der Waals surface area (Å²) in [6.45, 7) is 0. The first kappa shape index (κ1) is 10.5. The van der Waals surface area contributed by atoms with Gasteiger partial charge in [0.2, 0.25) is 0 Å². The van der Waals surface area contributed by atoms with E-state index >= 15 is 0 Å². The van der Waals surface area contributed by atoms with Crippen molar-refractivity contribution >= 4 is 12.6 Å². The smallest absolute Gasteiger partial charge is 0.00223 e. The van der Waals surface area contributed by atoms with Crippen LogP contribution >= 0.6 is 12.6 Å². The molecule has 0 aromatic rings. The number of rotatable bonds is 1. The van der Waals surface area contributed by atoms with Crippen LogP contribution in [0.5, 0.6) is 0 Å². The third-order valence-electron chi connectivity index (χ3n) is 5.39. The van der Waals surface area contributed by atoms with Crippen LogP contribution in [0.3, 0.4) is 0 Å². The van der Waals surface area contributed by atoms with Gasteiger partial charge >= 0.3 is 0 Å². The van der Waals surface area contributed by atoms with Crippen molar-refractivity contribution in [2.45, 2.75) is 63.0 Å². The fourth-order valence-electron chi connectivity index (χ4n) is 4.78. The molecule has 3 rings (SSSR count). The minimum Gasteiger partial charge on any atom is -0.176 e. The van der Waals surface area contributed by atoms with E-state index in [9.17, 15) is 0 Å². The highest BCUT2D eigenvalue weighted by molar-refractivity contribution is 7.80. The van der Waals surface area contributed by atoms with Crippen LogP contribution in [0.2, 0.25) is 0 Å². The molecule has 3 aliphatic rings. The molecule has 0 aliphatic heterocycles. The van der Waals surface area contributed by atoms with Crippen LogP contribution in [0.1, 0.15) is 57.8 Å². The van der Waals surface area contributed by atoms with E-state index in [1.807, 2.05) is 0 Å². The zero-order valence-corrected chi connectivity index (χ0v) is 10.6. The van der Waals surface area contributed by atoms with Crippen LogP contribution in [0, 0.1) is 23.7 Å². The van der Waals surface area contributed by atoms with Crippen LogP contribution in [0.15, 0.2) is 0 Å². The molecule has 0 N–H and O–H groups in total. The van der Waals surface area contributed by atoms with Gasteiger partial charge < -0.3 is 0 Å². The fraction of sp³-hybridized carbons (Fsp3) is 1.00. The Morgan fingerprint density at radius 3 is 2.20 bits per heavy atom. The standard InChI is InChI=1S/C14H24S/c15-12-8-11-6-3-7-13(14(11)9-12)10-4-1-2-5-10/h10-15H,1-9H2. The number of fused-ring (bicyclic) bond motifs is 1. The van der Waals surface area contributed by atoms with Crippen LogP contribution in [-0.4, -0.2) is 5.25 Å². The summed E-state index contributed by atoms with van der Waals surface area (Å²) in [6.07, 6.45) is 13.6. The van der Waals surface area contributed by atoms with Gasteiger partial charge in [-0.25, -0.2) is 0 Å². The lowest BCUT2D eigenvalue weighted by atomic mass is 9.68. The molecule has 3 saturated carbocycles. The molecule has 4 unspecified atom stereocenters. The Morgan fingerprint density at radius 2 is 1.40 bits per heavy atom. The summed E-state index contributed by atoms with van der Waals surface area (Å²) in [6, 6.07) is 0. The van der Waals surface area contributed by atoms with Crippen LogP contribution in [0.25, 0.3) is 0 Å². The highest BCUT2D eigenvalue weighted by Gasteiger charge is 2.42. The van der Waals surface area contributed by atoms with E-state index in [0.717, 1.165) is 28.9 Å². The van der Waals surface area contributed by atoms with Crippen LogP contribution in [0.4, 0.5) is 0 Å². The summed E-state index contributed by atoms with van der Waals surface area (Å²) in [4.78, 5) is 0. The minimum atomic E-state index is 0.738. The van der Waals surface area contributed by atoms with E-state index < -0.39 is 0 Å². The molecule has 0 saturated heterocycles. The second kappa shape index (κ2) is 4.31. The normalized spacial score (nSPS) is 47.0. The van der Waals surface area contributed by atoms with E-state index in [0.29, 0.717) is 0 Å². The molecular formula is C14H24S. The summed E-state index contributed by atoms with van der Waals surface area (Å²) in [5.74, 6) is 4.34. The van der Waals surface area contributed by atoms with Crippen molar-refractivity contribution in [3.63, 3.8) is 0 Å². The number of hydrogen-bond acceptors (Lipinski definition) is 1. The Morgan fingerprint density at radius 1 is 0.667 bits per heavy atom. The van der Waals surface area contributed by atoms with E-state index in [2.05, 4.69) is 0 Å². The summed E-state index contributed by atoms with van der Waals surface area (Å²) in [7, 11) is 0. The van der Waals surface area contributed by atoms with Gasteiger partial charge in [-0.2, -0.15) is 12.6 Å². The number of thiol groups is 1. The molecule has 0 nitrogen and oxygen atoms in total. The average molecular weight is 224 g/mol. The van der Waals surface area contributed by atoms with Gasteiger partial charge in [0.25, 0.3) is 0 Å². The van der Waals surface area contributed by atoms with Crippen molar-refractivity contribution in [1.82, 2.24) is 0 Å². The lowest BCUT2D eigenvalue weighted by molar-refractivity contribution is 0.124. The number of hydrogen-bond donors (Lipinski definition) is 1. The molecule has 0 heterocycles. The van der Waals surface area contributed by atoms with Gasteiger partial charge in [-0.15, -0.1) is 0 Å². The second-order valence-corrected chi connectivity index (χ2v) is 6.92. The molecule has 1 heteroatoms.